The third-order valence-electron chi connectivity index (χ3n) is 3.18. The summed E-state index contributed by atoms with van der Waals surface area (Å²) in [7, 11) is 0. The molecular formula is C16H18F3N3OS. The van der Waals surface area contributed by atoms with Crippen LogP contribution in [0.3, 0.4) is 0 Å². The average molecular weight is 357 g/mol. The molecule has 1 aromatic heterocycles. The smallest absolute Gasteiger partial charge is 0.337 e. The lowest BCUT2D eigenvalue weighted by atomic mass is 10.2. The maximum Gasteiger partial charge on any atom is 0.416 e. The second kappa shape index (κ2) is 7.65. The van der Waals surface area contributed by atoms with Crippen LogP contribution in [0.1, 0.15) is 36.0 Å². The molecule has 0 saturated heterocycles. The number of hydrogen-bond donors (Lipinski definition) is 2. The first kappa shape index (κ1) is 18.3. The molecule has 2 rings (SSSR count). The predicted molar refractivity (Wildman–Crippen MR) is 88.4 cm³/mol. The molecular weight excluding hydrogens is 339 g/mol. The van der Waals surface area contributed by atoms with Gasteiger partial charge in [0.1, 0.15) is 0 Å². The molecule has 1 aromatic carbocycles. The van der Waals surface area contributed by atoms with Crippen molar-refractivity contribution in [2.75, 3.05) is 11.9 Å². The summed E-state index contributed by atoms with van der Waals surface area (Å²) >= 11 is 1.58. The van der Waals surface area contributed by atoms with Crippen LogP contribution in [-0.4, -0.2) is 17.6 Å². The zero-order valence-corrected chi connectivity index (χ0v) is 14.1. The Labute approximate surface area is 142 Å². The molecule has 24 heavy (non-hydrogen) atoms. The molecule has 0 aliphatic carbocycles. The number of amides is 2. The van der Waals surface area contributed by atoms with Crippen molar-refractivity contribution < 1.29 is 18.0 Å². The van der Waals surface area contributed by atoms with Gasteiger partial charge in [-0.2, -0.15) is 13.2 Å². The quantitative estimate of drug-likeness (QED) is 0.818. The van der Waals surface area contributed by atoms with E-state index >= 15 is 0 Å². The van der Waals surface area contributed by atoms with E-state index in [1.807, 2.05) is 5.38 Å². The van der Waals surface area contributed by atoms with Gasteiger partial charge in [-0.1, -0.05) is 19.9 Å². The molecule has 0 saturated carbocycles. The molecule has 0 bridgehead atoms. The van der Waals surface area contributed by atoms with Crippen molar-refractivity contribution in [2.24, 2.45) is 0 Å². The van der Waals surface area contributed by atoms with E-state index in [9.17, 15) is 18.0 Å². The largest absolute Gasteiger partial charge is 0.416 e. The van der Waals surface area contributed by atoms with E-state index in [1.165, 1.54) is 12.1 Å². The van der Waals surface area contributed by atoms with Crippen molar-refractivity contribution in [1.29, 1.82) is 0 Å². The Kier molecular flexibility index (Phi) is 5.82. The fourth-order valence-electron chi connectivity index (χ4n) is 1.96. The van der Waals surface area contributed by atoms with Crippen molar-refractivity contribution in [3.8, 4) is 0 Å². The summed E-state index contributed by atoms with van der Waals surface area (Å²) in [5.74, 6) is 0.362. The number of nitrogens with one attached hydrogen (secondary N) is 2. The summed E-state index contributed by atoms with van der Waals surface area (Å²) in [6.45, 7) is 4.47. The Balaban J connectivity index is 1.83. The van der Waals surface area contributed by atoms with Gasteiger partial charge in [0.2, 0.25) is 0 Å². The highest BCUT2D eigenvalue weighted by Gasteiger charge is 2.30. The van der Waals surface area contributed by atoms with Crippen LogP contribution in [0.25, 0.3) is 0 Å². The van der Waals surface area contributed by atoms with Crippen molar-refractivity contribution >= 4 is 23.1 Å². The number of rotatable bonds is 5. The lowest BCUT2D eigenvalue weighted by Crippen LogP contribution is -2.30. The van der Waals surface area contributed by atoms with Crippen molar-refractivity contribution in [2.45, 2.75) is 32.4 Å². The molecule has 2 N–H and O–H groups in total. The van der Waals surface area contributed by atoms with Gasteiger partial charge in [-0.05, 0) is 18.2 Å². The number of thiazole rings is 1. The normalized spacial score (nSPS) is 11.6. The molecule has 0 aliphatic rings. The first-order chi connectivity index (χ1) is 11.3. The standard InChI is InChI=1S/C16H18F3N3OS/c1-10(2)14-21-13(9-24-14)6-7-20-15(23)22-12-5-3-4-11(8-12)16(17,18)19/h3-5,8-10H,6-7H2,1-2H3,(H2,20,22,23). The van der Waals surface area contributed by atoms with Crippen LogP contribution < -0.4 is 10.6 Å². The van der Waals surface area contributed by atoms with Gasteiger partial charge in [0.05, 0.1) is 16.3 Å². The lowest BCUT2D eigenvalue weighted by molar-refractivity contribution is -0.137. The molecule has 0 atom stereocenters. The van der Waals surface area contributed by atoms with Gasteiger partial charge < -0.3 is 10.6 Å². The summed E-state index contributed by atoms with van der Waals surface area (Å²) in [5.41, 5.74) is 0.185. The fraction of sp³-hybridized carbons (Fsp3) is 0.375. The van der Waals surface area contributed by atoms with E-state index in [2.05, 4.69) is 29.5 Å². The van der Waals surface area contributed by atoms with Gasteiger partial charge in [-0.25, -0.2) is 9.78 Å². The van der Waals surface area contributed by atoms with Gasteiger partial charge >= 0.3 is 12.2 Å². The molecule has 0 radical (unpaired) electrons. The number of carbonyl (C=O) groups is 1. The van der Waals surface area contributed by atoms with Crippen LogP contribution in [0.4, 0.5) is 23.7 Å². The monoisotopic (exact) mass is 357 g/mol. The van der Waals surface area contributed by atoms with Crippen molar-refractivity contribution in [3.63, 3.8) is 0 Å². The van der Waals surface area contributed by atoms with Gasteiger partial charge in [0, 0.05) is 30.0 Å². The molecule has 2 amide bonds. The number of aromatic nitrogens is 1. The van der Waals surface area contributed by atoms with Crippen LogP contribution >= 0.6 is 11.3 Å². The van der Waals surface area contributed by atoms with Crippen LogP contribution in [0, 0.1) is 0 Å². The Morgan fingerprint density at radius 2 is 2.08 bits per heavy atom. The molecule has 0 aliphatic heterocycles. The Hall–Kier alpha value is -2.09. The summed E-state index contributed by atoms with van der Waals surface area (Å²) in [6.07, 6.45) is -3.87. The molecule has 0 unspecified atom stereocenters. The molecule has 0 spiro atoms. The van der Waals surface area contributed by atoms with E-state index in [0.29, 0.717) is 18.9 Å². The van der Waals surface area contributed by atoms with E-state index < -0.39 is 17.8 Å². The number of alkyl halides is 3. The summed E-state index contributed by atoms with van der Waals surface area (Å²) < 4.78 is 37.9. The topological polar surface area (TPSA) is 54.0 Å². The molecule has 2 aromatic rings. The van der Waals surface area contributed by atoms with Crippen LogP contribution in [0.2, 0.25) is 0 Å². The van der Waals surface area contributed by atoms with E-state index in [1.54, 1.807) is 11.3 Å². The number of benzene rings is 1. The summed E-state index contributed by atoms with van der Waals surface area (Å²) in [6, 6.07) is 3.96. The Morgan fingerprint density at radius 3 is 2.71 bits per heavy atom. The highest BCUT2D eigenvalue weighted by Crippen LogP contribution is 2.30. The van der Waals surface area contributed by atoms with Crippen LogP contribution in [0.15, 0.2) is 29.6 Å². The number of anilines is 1. The number of halogens is 3. The Morgan fingerprint density at radius 1 is 1.33 bits per heavy atom. The average Bonchev–Trinajstić information content (AvgIpc) is 2.96. The van der Waals surface area contributed by atoms with Gasteiger partial charge in [-0.15, -0.1) is 11.3 Å². The number of nitrogens with zero attached hydrogens (tertiary/aromatic N) is 1. The fourth-order valence-corrected chi connectivity index (χ4v) is 2.82. The van der Waals surface area contributed by atoms with Crippen LogP contribution in [0.5, 0.6) is 0 Å². The number of urea groups is 1. The second-order valence-corrected chi connectivity index (χ2v) is 6.43. The van der Waals surface area contributed by atoms with E-state index in [0.717, 1.165) is 22.8 Å². The predicted octanol–water partition coefficient (Wildman–Crippen LogP) is 4.65. The minimum atomic E-state index is -4.44. The van der Waals surface area contributed by atoms with Crippen molar-refractivity contribution in [1.82, 2.24) is 10.3 Å². The lowest BCUT2D eigenvalue weighted by Gasteiger charge is -2.10. The van der Waals surface area contributed by atoms with Gasteiger partial charge in [0.25, 0.3) is 0 Å². The van der Waals surface area contributed by atoms with E-state index in [-0.39, 0.29) is 5.69 Å². The highest BCUT2D eigenvalue weighted by molar-refractivity contribution is 7.09. The molecule has 130 valence electrons. The maximum absolute atomic E-state index is 12.6. The SMILES string of the molecule is CC(C)c1nc(CCNC(=O)Nc2cccc(C(F)(F)F)c2)cs1. The Bertz CT molecular complexity index is 698. The third-order valence-corrected chi connectivity index (χ3v) is 4.37. The molecule has 4 nitrogen and oxygen atoms in total. The van der Waals surface area contributed by atoms with E-state index in [4.69, 9.17) is 0 Å². The highest BCUT2D eigenvalue weighted by atomic mass is 32.1. The zero-order chi connectivity index (χ0) is 17.7. The number of hydrogen-bond acceptors (Lipinski definition) is 3. The first-order valence-electron chi connectivity index (χ1n) is 7.42. The zero-order valence-electron chi connectivity index (χ0n) is 13.3. The third kappa shape index (κ3) is 5.23. The van der Waals surface area contributed by atoms with Gasteiger partial charge in [-0.3, -0.25) is 0 Å². The number of carbonyl (C=O) groups excluding carboxylic acids is 1. The second-order valence-electron chi connectivity index (χ2n) is 5.54. The van der Waals surface area contributed by atoms with Gasteiger partial charge in [0.15, 0.2) is 0 Å². The minimum Gasteiger partial charge on any atom is -0.337 e. The summed E-state index contributed by atoms with van der Waals surface area (Å²) in [4.78, 5) is 16.2. The van der Waals surface area contributed by atoms with Crippen LogP contribution in [-0.2, 0) is 12.6 Å². The first-order valence-corrected chi connectivity index (χ1v) is 8.30. The molecule has 8 heteroatoms. The van der Waals surface area contributed by atoms with Crippen molar-refractivity contribution in [3.05, 3.63) is 45.9 Å². The molecule has 0 fully saturated rings. The minimum absolute atomic E-state index is 0.0954. The molecule has 1 heterocycles. The summed E-state index contributed by atoms with van der Waals surface area (Å²) in [5, 5.41) is 7.99. The maximum atomic E-state index is 12.6.